The number of quaternary nitrogens is 1. The number of halogens is 2. The largest absolute Gasteiger partial charge is 1.00 e. The fraction of sp³-hybridized carbons (Fsp3) is 1.00. The van der Waals surface area contributed by atoms with Gasteiger partial charge in [0.2, 0.25) is 0 Å². The van der Waals surface area contributed by atoms with Crippen molar-refractivity contribution in [1.29, 1.82) is 0 Å². The molecule has 1 aliphatic rings. The minimum Gasteiger partial charge on any atom is -1.00 e. The second kappa shape index (κ2) is 4.07. The van der Waals surface area contributed by atoms with Crippen LogP contribution >= 0.6 is 0 Å². The molecular weight excluding hydrogens is 141 g/mol. The van der Waals surface area contributed by atoms with E-state index in [0.717, 1.165) is 19.4 Å². The lowest BCUT2D eigenvalue weighted by Gasteiger charge is -2.18. The molecule has 1 fully saturated rings. The number of piperidine rings is 1. The third-order valence-electron chi connectivity index (χ3n) is 1.68. The van der Waals surface area contributed by atoms with Gasteiger partial charge in [0.05, 0.1) is 12.6 Å². The molecular formula is C6H13ClFN. The maximum absolute atomic E-state index is 12.4. The van der Waals surface area contributed by atoms with Crippen LogP contribution in [0, 0.1) is 0 Å². The van der Waals surface area contributed by atoms with E-state index in [9.17, 15) is 4.39 Å². The van der Waals surface area contributed by atoms with Gasteiger partial charge in [0.25, 0.3) is 0 Å². The molecule has 1 aliphatic heterocycles. The summed E-state index contributed by atoms with van der Waals surface area (Å²) in [6.45, 7) is 3.05. The number of rotatable bonds is 0. The summed E-state index contributed by atoms with van der Waals surface area (Å²) in [5.74, 6) is 0. The fourth-order valence-corrected chi connectivity index (χ4v) is 1.18. The highest BCUT2D eigenvalue weighted by Gasteiger charge is 2.19. The summed E-state index contributed by atoms with van der Waals surface area (Å²) >= 11 is 0. The van der Waals surface area contributed by atoms with E-state index in [0.29, 0.717) is 6.04 Å². The SMILES string of the molecule is C[C@H]1C[C@@H](F)CC[NH2+]1.[Cl-]. The number of hydrogen-bond acceptors (Lipinski definition) is 0. The Labute approximate surface area is 61.4 Å². The van der Waals surface area contributed by atoms with Gasteiger partial charge in [0.1, 0.15) is 6.17 Å². The third kappa shape index (κ3) is 3.01. The second-order valence-electron chi connectivity index (χ2n) is 2.62. The van der Waals surface area contributed by atoms with Gasteiger partial charge in [-0.05, 0) is 6.92 Å². The van der Waals surface area contributed by atoms with Crippen LogP contribution in [0.25, 0.3) is 0 Å². The van der Waals surface area contributed by atoms with Crippen LogP contribution in [0.4, 0.5) is 4.39 Å². The smallest absolute Gasteiger partial charge is 0.111 e. The Morgan fingerprint density at radius 2 is 2.22 bits per heavy atom. The molecule has 1 nitrogen and oxygen atoms in total. The molecule has 1 saturated heterocycles. The maximum atomic E-state index is 12.4. The van der Waals surface area contributed by atoms with Crippen molar-refractivity contribution in [3.63, 3.8) is 0 Å². The Kier molecular flexibility index (Phi) is 4.15. The summed E-state index contributed by atoms with van der Waals surface area (Å²) < 4.78 is 12.4. The topological polar surface area (TPSA) is 16.6 Å². The van der Waals surface area contributed by atoms with Crippen LogP contribution in [0.1, 0.15) is 19.8 Å². The molecule has 9 heavy (non-hydrogen) atoms. The van der Waals surface area contributed by atoms with E-state index in [-0.39, 0.29) is 12.4 Å². The summed E-state index contributed by atoms with van der Waals surface area (Å²) in [6, 6.07) is 0.513. The number of hydrogen-bond donors (Lipinski definition) is 1. The second-order valence-corrected chi connectivity index (χ2v) is 2.62. The zero-order valence-electron chi connectivity index (χ0n) is 5.61. The average molecular weight is 154 g/mol. The van der Waals surface area contributed by atoms with Crippen molar-refractivity contribution >= 4 is 0 Å². The van der Waals surface area contributed by atoms with Crippen LogP contribution < -0.4 is 17.7 Å². The fourth-order valence-electron chi connectivity index (χ4n) is 1.18. The molecule has 0 amide bonds. The van der Waals surface area contributed by atoms with E-state index in [4.69, 9.17) is 0 Å². The zero-order valence-corrected chi connectivity index (χ0v) is 6.37. The van der Waals surface area contributed by atoms with Crippen LogP contribution in [0.5, 0.6) is 0 Å². The van der Waals surface area contributed by atoms with Crippen LogP contribution in [0.2, 0.25) is 0 Å². The lowest BCUT2D eigenvalue weighted by Crippen LogP contribution is -3.00. The first-order chi connectivity index (χ1) is 3.79. The third-order valence-corrected chi connectivity index (χ3v) is 1.68. The lowest BCUT2D eigenvalue weighted by molar-refractivity contribution is -0.696. The van der Waals surface area contributed by atoms with Crippen molar-refractivity contribution in [2.24, 2.45) is 0 Å². The van der Waals surface area contributed by atoms with Crippen molar-refractivity contribution in [2.45, 2.75) is 32.0 Å². The van der Waals surface area contributed by atoms with E-state index >= 15 is 0 Å². The molecule has 1 rings (SSSR count). The summed E-state index contributed by atoms with van der Waals surface area (Å²) in [5, 5.41) is 2.20. The Hall–Kier alpha value is 0.180. The van der Waals surface area contributed by atoms with Gasteiger partial charge in [-0.1, -0.05) is 0 Å². The van der Waals surface area contributed by atoms with Gasteiger partial charge in [-0.2, -0.15) is 0 Å². The standard InChI is InChI=1S/C6H12FN.ClH/c1-5-4-6(7)2-3-8-5;/h5-6,8H,2-4H2,1H3;1H/t5-,6-;/m0./s1. The molecule has 2 N–H and O–H groups in total. The normalized spacial score (nSPS) is 35.3. The summed E-state index contributed by atoms with van der Waals surface area (Å²) in [7, 11) is 0. The van der Waals surface area contributed by atoms with E-state index in [1.54, 1.807) is 0 Å². The molecule has 0 radical (unpaired) electrons. The van der Waals surface area contributed by atoms with Gasteiger partial charge in [0, 0.05) is 12.8 Å². The Balaban J connectivity index is 0.000000640. The van der Waals surface area contributed by atoms with Crippen molar-refractivity contribution in [1.82, 2.24) is 0 Å². The Bertz CT molecular complexity index is 71.5. The molecule has 0 saturated carbocycles. The van der Waals surface area contributed by atoms with Gasteiger partial charge in [-0.25, -0.2) is 4.39 Å². The minimum atomic E-state index is -0.519. The molecule has 0 unspecified atom stereocenters. The predicted octanol–water partition coefficient (Wildman–Crippen LogP) is -2.93. The highest BCUT2D eigenvalue weighted by atomic mass is 35.5. The summed E-state index contributed by atoms with van der Waals surface area (Å²) in [4.78, 5) is 0. The molecule has 0 aromatic carbocycles. The van der Waals surface area contributed by atoms with Crippen LogP contribution in [-0.2, 0) is 0 Å². The molecule has 0 bridgehead atoms. The number of alkyl halides is 1. The highest BCUT2D eigenvalue weighted by molar-refractivity contribution is 4.62. The molecule has 0 aromatic heterocycles. The number of nitrogens with two attached hydrogens (primary N) is 1. The Morgan fingerprint density at radius 3 is 2.56 bits per heavy atom. The van der Waals surface area contributed by atoms with E-state index in [1.807, 2.05) is 0 Å². The van der Waals surface area contributed by atoms with Crippen LogP contribution in [0.15, 0.2) is 0 Å². The lowest BCUT2D eigenvalue weighted by atomic mass is 10.1. The molecule has 2 atom stereocenters. The van der Waals surface area contributed by atoms with Gasteiger partial charge in [0.15, 0.2) is 0 Å². The maximum Gasteiger partial charge on any atom is 0.111 e. The summed E-state index contributed by atoms with van der Waals surface area (Å²) in [6.07, 6.45) is 0.986. The van der Waals surface area contributed by atoms with Gasteiger partial charge in [-0.3, -0.25) is 0 Å². The first-order valence-electron chi connectivity index (χ1n) is 3.26. The molecule has 3 heteroatoms. The highest BCUT2D eigenvalue weighted by Crippen LogP contribution is 2.06. The predicted molar refractivity (Wildman–Crippen MR) is 30.4 cm³/mol. The monoisotopic (exact) mass is 153 g/mol. The Morgan fingerprint density at radius 1 is 1.56 bits per heavy atom. The summed E-state index contributed by atoms with van der Waals surface area (Å²) in [5.41, 5.74) is 0. The van der Waals surface area contributed by atoms with Gasteiger partial charge < -0.3 is 17.7 Å². The van der Waals surface area contributed by atoms with Crippen molar-refractivity contribution in [2.75, 3.05) is 6.54 Å². The quantitative estimate of drug-likeness (QED) is 0.384. The van der Waals surface area contributed by atoms with Crippen molar-refractivity contribution in [3.8, 4) is 0 Å². The molecule has 0 aliphatic carbocycles. The first kappa shape index (κ1) is 9.18. The first-order valence-corrected chi connectivity index (χ1v) is 3.26. The zero-order chi connectivity index (χ0) is 5.98. The van der Waals surface area contributed by atoms with Crippen LogP contribution in [0.3, 0.4) is 0 Å². The van der Waals surface area contributed by atoms with Crippen molar-refractivity contribution < 1.29 is 22.1 Å². The van der Waals surface area contributed by atoms with E-state index in [1.165, 1.54) is 0 Å². The average Bonchev–Trinajstić information content (AvgIpc) is 1.64. The van der Waals surface area contributed by atoms with E-state index < -0.39 is 6.17 Å². The minimum absolute atomic E-state index is 0. The van der Waals surface area contributed by atoms with Gasteiger partial charge in [-0.15, -0.1) is 0 Å². The van der Waals surface area contributed by atoms with Gasteiger partial charge >= 0.3 is 0 Å². The molecule has 1 heterocycles. The molecule has 0 aromatic rings. The van der Waals surface area contributed by atoms with Crippen LogP contribution in [-0.4, -0.2) is 18.8 Å². The molecule has 0 spiro atoms. The van der Waals surface area contributed by atoms with Crippen molar-refractivity contribution in [3.05, 3.63) is 0 Å². The van der Waals surface area contributed by atoms with E-state index in [2.05, 4.69) is 12.2 Å². The molecule has 56 valence electrons.